The van der Waals surface area contributed by atoms with E-state index in [2.05, 4.69) is 0 Å². The fourth-order valence-electron chi connectivity index (χ4n) is 1.30. The lowest BCUT2D eigenvalue weighted by Gasteiger charge is -2.17. The zero-order chi connectivity index (χ0) is 13.2. The first kappa shape index (κ1) is 14.5. The lowest BCUT2D eigenvalue weighted by atomic mass is 10.3. The van der Waals surface area contributed by atoms with Gasteiger partial charge in [0.05, 0.1) is 11.6 Å². The summed E-state index contributed by atoms with van der Waals surface area (Å²) in [5, 5.41) is 0.881. The van der Waals surface area contributed by atoms with Gasteiger partial charge in [-0.3, -0.25) is 4.57 Å². The van der Waals surface area contributed by atoms with Crippen molar-refractivity contribution in [1.82, 2.24) is 0 Å². The fourth-order valence-corrected chi connectivity index (χ4v) is 6.03. The van der Waals surface area contributed by atoms with Gasteiger partial charge >= 0.3 is 6.57 Å². The second-order valence-electron chi connectivity index (χ2n) is 3.83. The summed E-state index contributed by atoms with van der Waals surface area (Å²) >= 11 is 13.1. The van der Waals surface area contributed by atoms with Crippen molar-refractivity contribution >= 4 is 41.2 Å². The van der Waals surface area contributed by atoms with Gasteiger partial charge in [-0.05, 0) is 24.6 Å². The zero-order valence-electron chi connectivity index (χ0n) is 9.77. The third-order valence-electron chi connectivity index (χ3n) is 2.26. The monoisotopic (exact) mass is 326 g/mol. The smallest absolute Gasteiger partial charge is 0.333 e. The minimum absolute atomic E-state index is 0.305. The molecule has 1 aromatic rings. The van der Waals surface area contributed by atoms with Crippen molar-refractivity contribution in [2.45, 2.75) is 19.2 Å². The van der Waals surface area contributed by atoms with Crippen LogP contribution in [0.5, 0.6) is 5.75 Å². The van der Waals surface area contributed by atoms with Crippen LogP contribution in [-0.4, -0.2) is 18.2 Å². The SMILES string of the molecule is CCCSP(=O)(Oc1ccc(Cl)cc1Cl)C1CO1. The van der Waals surface area contributed by atoms with Crippen LogP contribution in [0.25, 0.3) is 0 Å². The Labute approximate surface area is 120 Å². The van der Waals surface area contributed by atoms with Crippen molar-refractivity contribution in [3.8, 4) is 5.75 Å². The molecule has 0 bridgehead atoms. The Morgan fingerprint density at radius 1 is 1.56 bits per heavy atom. The van der Waals surface area contributed by atoms with Crippen molar-refractivity contribution in [2.75, 3.05) is 12.4 Å². The maximum absolute atomic E-state index is 12.7. The summed E-state index contributed by atoms with van der Waals surface area (Å²) in [6.45, 7) is -0.380. The summed E-state index contributed by atoms with van der Waals surface area (Å²) in [7, 11) is 0. The van der Waals surface area contributed by atoms with Gasteiger partial charge < -0.3 is 9.26 Å². The third-order valence-corrected chi connectivity index (χ3v) is 7.76. The molecule has 100 valence electrons. The molecule has 0 aromatic heterocycles. The van der Waals surface area contributed by atoms with Crippen LogP contribution < -0.4 is 4.52 Å². The minimum atomic E-state index is -2.89. The van der Waals surface area contributed by atoms with Gasteiger partial charge in [-0.2, -0.15) is 0 Å². The van der Waals surface area contributed by atoms with Crippen LogP contribution in [-0.2, 0) is 9.30 Å². The van der Waals surface area contributed by atoms with Crippen LogP contribution in [0.2, 0.25) is 10.0 Å². The number of epoxide rings is 1. The Hall–Kier alpha value is 0.140. The van der Waals surface area contributed by atoms with Gasteiger partial charge in [-0.15, -0.1) is 0 Å². The van der Waals surface area contributed by atoms with E-state index in [1.807, 2.05) is 6.92 Å². The first-order valence-electron chi connectivity index (χ1n) is 5.55. The van der Waals surface area contributed by atoms with Crippen LogP contribution >= 0.6 is 41.2 Å². The molecular formula is C11H13Cl2O3PS. The maximum atomic E-state index is 12.7. The van der Waals surface area contributed by atoms with E-state index < -0.39 is 6.57 Å². The number of rotatable bonds is 6. The lowest BCUT2D eigenvalue weighted by Crippen LogP contribution is -1.97. The largest absolute Gasteiger partial charge is 0.433 e. The normalized spacial score (nSPS) is 21.4. The number of benzene rings is 1. The molecule has 0 N–H and O–H groups in total. The molecule has 2 atom stereocenters. The van der Waals surface area contributed by atoms with Crippen molar-refractivity contribution in [1.29, 1.82) is 0 Å². The van der Waals surface area contributed by atoms with Gasteiger partial charge in [0.25, 0.3) is 0 Å². The number of halogens is 2. The highest BCUT2D eigenvalue weighted by molar-refractivity contribution is 8.56. The molecule has 1 saturated heterocycles. The average Bonchev–Trinajstić information content (AvgIpc) is 3.15. The lowest BCUT2D eigenvalue weighted by molar-refractivity contribution is 0.422. The van der Waals surface area contributed by atoms with Crippen LogP contribution in [0.15, 0.2) is 18.2 Å². The van der Waals surface area contributed by atoms with Crippen molar-refractivity contribution in [3.63, 3.8) is 0 Å². The Balaban J connectivity index is 2.15. The van der Waals surface area contributed by atoms with E-state index in [4.69, 9.17) is 32.5 Å². The summed E-state index contributed by atoms with van der Waals surface area (Å²) in [5.74, 6) is 0.854. The van der Waals surface area contributed by atoms with Crippen LogP contribution in [0, 0.1) is 0 Å². The van der Waals surface area contributed by atoms with Crippen molar-refractivity contribution < 1.29 is 13.8 Å². The molecule has 1 aliphatic heterocycles. The first-order chi connectivity index (χ1) is 8.55. The quantitative estimate of drug-likeness (QED) is 0.540. The fraction of sp³-hybridized carbons (Fsp3) is 0.455. The molecule has 0 radical (unpaired) electrons. The highest BCUT2D eigenvalue weighted by Crippen LogP contribution is 2.67. The number of hydrogen-bond acceptors (Lipinski definition) is 4. The molecule has 7 heteroatoms. The number of ether oxygens (including phenoxy) is 1. The Morgan fingerprint density at radius 2 is 2.28 bits per heavy atom. The Bertz CT molecular complexity index is 479. The van der Waals surface area contributed by atoms with E-state index in [1.165, 1.54) is 11.4 Å². The van der Waals surface area contributed by atoms with Crippen molar-refractivity contribution in [2.24, 2.45) is 0 Å². The van der Waals surface area contributed by atoms with E-state index >= 15 is 0 Å². The molecule has 0 spiro atoms. The van der Waals surface area contributed by atoms with Gasteiger partial charge in [0.1, 0.15) is 5.75 Å². The zero-order valence-corrected chi connectivity index (χ0v) is 13.0. The molecule has 1 aliphatic rings. The molecule has 1 aromatic carbocycles. The summed E-state index contributed by atoms with van der Waals surface area (Å²) in [4.78, 5) is 0. The standard InChI is InChI=1S/C11H13Cl2O3PS/c1-2-5-18-17(14,11-7-15-11)16-10-4-3-8(12)6-9(10)13/h3-4,6,11H,2,5,7H2,1H3. The van der Waals surface area contributed by atoms with E-state index in [-0.39, 0.29) is 5.85 Å². The van der Waals surface area contributed by atoms with Crippen LogP contribution in [0.3, 0.4) is 0 Å². The average molecular weight is 327 g/mol. The summed E-state index contributed by atoms with van der Waals surface area (Å²) in [6.07, 6.45) is 0.930. The molecule has 3 nitrogen and oxygen atoms in total. The molecule has 2 unspecified atom stereocenters. The Morgan fingerprint density at radius 3 is 2.83 bits per heavy atom. The summed E-state index contributed by atoms with van der Waals surface area (Å²) in [5.41, 5.74) is 0. The van der Waals surface area contributed by atoms with Gasteiger partial charge in [0, 0.05) is 10.8 Å². The van der Waals surface area contributed by atoms with E-state index in [9.17, 15) is 4.57 Å². The molecule has 0 aliphatic carbocycles. The van der Waals surface area contributed by atoms with E-state index in [1.54, 1.807) is 18.2 Å². The predicted molar refractivity (Wildman–Crippen MR) is 77.2 cm³/mol. The van der Waals surface area contributed by atoms with Gasteiger partial charge in [-0.25, -0.2) is 0 Å². The molecule has 18 heavy (non-hydrogen) atoms. The topological polar surface area (TPSA) is 38.8 Å². The van der Waals surface area contributed by atoms with E-state index in [0.29, 0.717) is 22.4 Å². The second kappa shape index (κ2) is 6.06. The molecular weight excluding hydrogens is 314 g/mol. The summed E-state index contributed by atoms with van der Waals surface area (Å²) < 4.78 is 23.4. The van der Waals surface area contributed by atoms with Gasteiger partial charge in [0.2, 0.25) is 0 Å². The highest BCUT2D eigenvalue weighted by Gasteiger charge is 2.46. The van der Waals surface area contributed by atoms with E-state index in [0.717, 1.165) is 12.2 Å². The molecule has 2 rings (SSSR count). The molecule has 0 amide bonds. The maximum Gasteiger partial charge on any atom is 0.333 e. The highest BCUT2D eigenvalue weighted by atomic mass is 35.5. The predicted octanol–water partition coefficient (Wildman–Crippen LogP) is 5.06. The van der Waals surface area contributed by atoms with Crippen LogP contribution in [0.1, 0.15) is 13.3 Å². The molecule has 1 heterocycles. The van der Waals surface area contributed by atoms with Gasteiger partial charge in [-0.1, -0.05) is 41.5 Å². The van der Waals surface area contributed by atoms with Crippen LogP contribution in [0.4, 0.5) is 0 Å². The van der Waals surface area contributed by atoms with Gasteiger partial charge in [0.15, 0.2) is 5.85 Å². The number of hydrogen-bond donors (Lipinski definition) is 0. The molecule has 0 saturated carbocycles. The molecule has 1 fully saturated rings. The van der Waals surface area contributed by atoms with Crippen molar-refractivity contribution in [3.05, 3.63) is 28.2 Å². The Kier molecular flexibility index (Phi) is 4.90. The first-order valence-corrected chi connectivity index (χ1v) is 9.60. The minimum Gasteiger partial charge on any atom is -0.433 e. The summed E-state index contributed by atoms with van der Waals surface area (Å²) in [6, 6.07) is 4.86. The third kappa shape index (κ3) is 3.58. The second-order valence-corrected chi connectivity index (χ2v) is 9.48.